The molecule has 2 atom stereocenters. The van der Waals surface area contributed by atoms with Gasteiger partial charge in [-0.15, -0.1) is 0 Å². The van der Waals surface area contributed by atoms with Gasteiger partial charge in [-0.05, 0) is 33.9 Å². The Morgan fingerprint density at radius 3 is 2.16 bits per heavy atom. The summed E-state index contributed by atoms with van der Waals surface area (Å²) in [5, 5.41) is 38.8. The highest BCUT2D eigenvalue weighted by Crippen LogP contribution is 2.44. The Morgan fingerprint density at radius 1 is 0.946 bits per heavy atom. The number of aliphatic hydroxyl groups excluding tert-OH is 2. The number of aromatic nitrogens is 2. The minimum absolute atomic E-state index is 0.0335. The number of nitrogens with one attached hydrogen (secondary N) is 2. The van der Waals surface area contributed by atoms with Gasteiger partial charge in [0.05, 0.1) is 5.69 Å². The standard InChI is InChI=1S/C28H25N3O6/c32-25(26(33)17-11-9-16(10-12-17)23-13-24(27(34)35)31-30-23)14-29-28(36)37-15-22-20-7-3-1-5-18(20)19-6-2-4-8-21(19)22/h1-13,22,25-26,32-33H,14-15H2,(H,29,36)(H,30,31)(H,34,35). The third-order valence-corrected chi connectivity index (χ3v) is 6.52. The van der Waals surface area contributed by atoms with Crippen molar-refractivity contribution >= 4 is 12.1 Å². The first-order valence-electron chi connectivity index (χ1n) is 11.8. The van der Waals surface area contributed by atoms with Crippen LogP contribution in [-0.4, -0.2) is 56.8 Å². The van der Waals surface area contributed by atoms with Crippen molar-refractivity contribution < 1.29 is 29.6 Å². The van der Waals surface area contributed by atoms with Crippen molar-refractivity contribution in [1.82, 2.24) is 15.5 Å². The molecule has 0 fully saturated rings. The number of ether oxygens (including phenoxy) is 1. The second-order valence-corrected chi connectivity index (χ2v) is 8.81. The van der Waals surface area contributed by atoms with E-state index in [4.69, 9.17) is 9.84 Å². The maximum absolute atomic E-state index is 12.4. The van der Waals surface area contributed by atoms with Crippen molar-refractivity contribution in [3.63, 3.8) is 0 Å². The summed E-state index contributed by atoms with van der Waals surface area (Å²) in [6.07, 6.45) is -3.21. The zero-order chi connectivity index (χ0) is 25.9. The highest BCUT2D eigenvalue weighted by Gasteiger charge is 2.29. The number of carboxylic acid groups (broad SMARTS) is 1. The summed E-state index contributed by atoms with van der Waals surface area (Å²) in [5.74, 6) is -1.19. The van der Waals surface area contributed by atoms with Gasteiger partial charge in [0.25, 0.3) is 0 Å². The number of aromatic carboxylic acids is 1. The van der Waals surface area contributed by atoms with Crippen molar-refractivity contribution in [1.29, 1.82) is 0 Å². The maximum atomic E-state index is 12.4. The molecular weight excluding hydrogens is 474 g/mol. The zero-order valence-corrected chi connectivity index (χ0v) is 19.7. The fraction of sp³-hybridized carbons (Fsp3) is 0.179. The van der Waals surface area contributed by atoms with Crippen molar-refractivity contribution in [2.45, 2.75) is 18.1 Å². The molecule has 1 aromatic heterocycles. The topological polar surface area (TPSA) is 145 Å². The van der Waals surface area contributed by atoms with Crippen molar-refractivity contribution in [3.05, 3.63) is 101 Å². The summed E-state index contributed by atoms with van der Waals surface area (Å²) >= 11 is 0. The molecule has 5 rings (SSSR count). The lowest BCUT2D eigenvalue weighted by Gasteiger charge is -2.19. The molecule has 188 valence electrons. The number of carboxylic acids is 1. The lowest BCUT2D eigenvalue weighted by Crippen LogP contribution is -2.36. The van der Waals surface area contributed by atoms with E-state index in [1.54, 1.807) is 24.3 Å². The van der Waals surface area contributed by atoms with Crippen LogP contribution in [0, 0.1) is 0 Å². The van der Waals surface area contributed by atoms with Gasteiger partial charge >= 0.3 is 12.1 Å². The van der Waals surface area contributed by atoms with E-state index in [0.29, 0.717) is 16.8 Å². The first-order chi connectivity index (χ1) is 17.9. The van der Waals surface area contributed by atoms with Crippen molar-refractivity contribution in [2.75, 3.05) is 13.2 Å². The molecule has 1 amide bonds. The van der Waals surface area contributed by atoms with Crippen LogP contribution in [0.1, 0.15) is 39.2 Å². The van der Waals surface area contributed by atoms with Crippen molar-refractivity contribution in [3.8, 4) is 22.4 Å². The average Bonchev–Trinajstić information content (AvgIpc) is 3.54. The molecule has 37 heavy (non-hydrogen) atoms. The smallest absolute Gasteiger partial charge is 0.407 e. The van der Waals surface area contributed by atoms with Crippen LogP contribution in [0.2, 0.25) is 0 Å². The molecular formula is C28H25N3O6. The SMILES string of the molecule is O=C(NCC(O)C(O)c1ccc(-c2cc(C(=O)O)[nH]n2)cc1)OCC1c2ccccc2-c2ccccc21. The first kappa shape index (κ1) is 24.2. The fourth-order valence-electron chi connectivity index (χ4n) is 4.60. The number of hydrogen-bond donors (Lipinski definition) is 5. The van der Waals surface area contributed by atoms with Gasteiger partial charge in [-0.1, -0.05) is 72.8 Å². The van der Waals surface area contributed by atoms with Crippen LogP contribution in [-0.2, 0) is 4.74 Å². The Kier molecular flexibility index (Phi) is 6.72. The molecule has 3 aromatic carbocycles. The molecule has 5 N–H and O–H groups in total. The first-order valence-corrected chi connectivity index (χ1v) is 11.8. The normalized spacial score (nSPS) is 13.9. The minimum atomic E-state index is -1.27. The summed E-state index contributed by atoms with van der Waals surface area (Å²) in [4.78, 5) is 23.4. The molecule has 0 radical (unpaired) electrons. The van der Waals surface area contributed by atoms with Crippen molar-refractivity contribution in [2.24, 2.45) is 0 Å². The Bertz CT molecular complexity index is 1390. The van der Waals surface area contributed by atoms with Crippen LogP contribution in [0.4, 0.5) is 4.79 Å². The molecule has 0 saturated carbocycles. The van der Waals surface area contributed by atoms with E-state index in [2.05, 4.69) is 27.6 Å². The summed E-state index contributed by atoms with van der Waals surface area (Å²) in [5.41, 5.74) is 5.95. The number of aliphatic hydroxyl groups is 2. The Labute approximate surface area is 212 Å². The molecule has 4 aromatic rings. The monoisotopic (exact) mass is 499 g/mol. The van der Waals surface area contributed by atoms with E-state index < -0.39 is 24.3 Å². The van der Waals surface area contributed by atoms with Crippen LogP contribution in [0.5, 0.6) is 0 Å². The summed E-state index contributed by atoms with van der Waals surface area (Å²) in [7, 11) is 0. The molecule has 0 spiro atoms. The number of carbonyl (C=O) groups is 2. The van der Waals surface area contributed by atoms with Crippen LogP contribution < -0.4 is 5.32 Å². The number of hydrogen-bond acceptors (Lipinski definition) is 6. The number of amides is 1. The van der Waals surface area contributed by atoms with E-state index in [9.17, 15) is 19.8 Å². The number of alkyl carbamates (subject to hydrolysis) is 1. The third-order valence-electron chi connectivity index (χ3n) is 6.52. The lowest BCUT2D eigenvalue weighted by molar-refractivity contribution is 0.0185. The van der Waals surface area contributed by atoms with E-state index >= 15 is 0 Å². The van der Waals surface area contributed by atoms with E-state index in [1.807, 2.05) is 36.4 Å². The molecule has 9 nitrogen and oxygen atoms in total. The van der Waals surface area contributed by atoms with Gasteiger partial charge in [0.15, 0.2) is 0 Å². The number of aromatic amines is 1. The molecule has 1 aliphatic rings. The number of nitrogens with zero attached hydrogens (tertiary/aromatic N) is 1. The molecule has 0 saturated heterocycles. The Hall–Kier alpha value is -4.47. The summed E-state index contributed by atoms with van der Waals surface area (Å²) < 4.78 is 5.46. The van der Waals surface area contributed by atoms with E-state index in [0.717, 1.165) is 22.3 Å². The van der Waals surface area contributed by atoms with Gasteiger partial charge in [-0.3, -0.25) is 5.10 Å². The number of benzene rings is 3. The predicted octanol–water partition coefficient (Wildman–Crippen LogP) is 3.71. The van der Waals surface area contributed by atoms with Gasteiger partial charge in [0, 0.05) is 18.0 Å². The number of fused-ring (bicyclic) bond motifs is 3. The molecule has 1 aliphatic carbocycles. The second kappa shape index (κ2) is 10.3. The molecule has 1 heterocycles. The average molecular weight is 500 g/mol. The molecule has 2 unspecified atom stereocenters. The highest BCUT2D eigenvalue weighted by molar-refractivity contribution is 5.86. The molecule has 0 aliphatic heterocycles. The number of rotatable bonds is 8. The van der Waals surface area contributed by atoms with Gasteiger partial charge < -0.3 is 25.4 Å². The summed E-state index contributed by atoms with van der Waals surface area (Å²) in [6.45, 7) is -0.0579. The number of carbonyl (C=O) groups excluding carboxylic acids is 1. The Morgan fingerprint density at radius 2 is 1.57 bits per heavy atom. The summed E-state index contributed by atoms with van der Waals surface area (Å²) in [6, 6.07) is 24.0. The fourth-order valence-corrected chi connectivity index (χ4v) is 4.60. The predicted molar refractivity (Wildman–Crippen MR) is 135 cm³/mol. The van der Waals surface area contributed by atoms with Gasteiger partial charge in [-0.25, -0.2) is 9.59 Å². The second-order valence-electron chi connectivity index (χ2n) is 8.81. The van der Waals surface area contributed by atoms with E-state index in [1.165, 1.54) is 6.07 Å². The quantitative estimate of drug-likeness (QED) is 0.249. The van der Waals surface area contributed by atoms with Gasteiger partial charge in [0.1, 0.15) is 24.5 Å². The van der Waals surface area contributed by atoms with Crippen LogP contribution in [0.3, 0.4) is 0 Å². The lowest BCUT2D eigenvalue weighted by atomic mass is 9.98. The Balaban J connectivity index is 1.15. The third kappa shape index (κ3) is 4.95. The largest absolute Gasteiger partial charge is 0.477 e. The van der Waals surface area contributed by atoms with Gasteiger partial charge in [0.2, 0.25) is 0 Å². The zero-order valence-electron chi connectivity index (χ0n) is 19.7. The maximum Gasteiger partial charge on any atom is 0.407 e. The van der Waals surface area contributed by atoms with Crippen LogP contribution in [0.15, 0.2) is 78.9 Å². The van der Waals surface area contributed by atoms with Crippen LogP contribution in [0.25, 0.3) is 22.4 Å². The van der Waals surface area contributed by atoms with E-state index in [-0.39, 0.29) is 24.8 Å². The highest BCUT2D eigenvalue weighted by atomic mass is 16.5. The van der Waals surface area contributed by atoms with Crippen LogP contribution >= 0.6 is 0 Å². The van der Waals surface area contributed by atoms with Gasteiger partial charge in [-0.2, -0.15) is 5.10 Å². The minimum Gasteiger partial charge on any atom is -0.477 e. The number of H-pyrrole nitrogens is 1. The molecule has 0 bridgehead atoms. The molecule has 9 heteroatoms.